The minimum absolute atomic E-state index is 0.0174. The van der Waals surface area contributed by atoms with Gasteiger partial charge in [-0.05, 0) is 39.8 Å². The Morgan fingerprint density at radius 3 is 1.38 bits per heavy atom. The van der Waals surface area contributed by atoms with Crippen molar-refractivity contribution in [2.75, 3.05) is 13.2 Å². The minimum atomic E-state index is -1.59. The molecule has 0 spiro atoms. The molecule has 2 aliphatic rings. The van der Waals surface area contributed by atoms with Crippen LogP contribution in [0.15, 0.2) is 169 Å². The maximum atomic E-state index is 14.3. The van der Waals surface area contributed by atoms with Gasteiger partial charge < -0.3 is 47.7 Å². The highest BCUT2D eigenvalue weighted by Crippen LogP contribution is 2.38. The number of azide groups is 1. The Balaban J connectivity index is 1.20. The van der Waals surface area contributed by atoms with Gasteiger partial charge in [0.1, 0.15) is 54.9 Å². The van der Waals surface area contributed by atoms with Crippen molar-refractivity contribution in [3.63, 3.8) is 0 Å². The van der Waals surface area contributed by atoms with Gasteiger partial charge in [0.2, 0.25) is 0 Å². The number of ether oxygens (including phenoxy) is 9. The number of hydrogen-bond acceptors (Lipinski definition) is 12. The zero-order valence-electron chi connectivity index (χ0n) is 46.8. The van der Waals surface area contributed by atoms with Gasteiger partial charge in [-0.25, -0.2) is 0 Å². The lowest BCUT2D eigenvalue weighted by Crippen LogP contribution is -2.69. The van der Waals surface area contributed by atoms with Gasteiger partial charge >= 0.3 is 5.97 Å². The predicted molar refractivity (Wildman–Crippen MR) is 309 cm³/mol. The number of benzene rings is 5. The van der Waals surface area contributed by atoms with Crippen LogP contribution in [0.2, 0.25) is 0 Å². The molecule has 14 heteroatoms. The van der Waals surface area contributed by atoms with E-state index in [0.29, 0.717) is 6.42 Å². The van der Waals surface area contributed by atoms with Crippen LogP contribution >= 0.6 is 0 Å². The highest BCUT2D eigenvalue weighted by Gasteiger charge is 2.58. The summed E-state index contributed by atoms with van der Waals surface area (Å²) in [6, 6.07) is 47.3. The van der Waals surface area contributed by atoms with Crippen LogP contribution in [0.3, 0.4) is 0 Å². The number of carbonyl (C=O) groups is 1. The van der Waals surface area contributed by atoms with Crippen LogP contribution in [0, 0.1) is 0 Å². The van der Waals surface area contributed by atoms with Crippen molar-refractivity contribution in [1.82, 2.24) is 0 Å². The second-order valence-electron chi connectivity index (χ2n) is 20.9. The molecule has 2 fully saturated rings. The molecule has 1 heterocycles. The Morgan fingerprint density at radius 1 is 0.537 bits per heavy atom. The molecule has 0 amide bonds. The number of aliphatic hydroxyl groups excluding tert-OH is 1. The fourth-order valence-electron chi connectivity index (χ4n) is 10.5. The lowest BCUT2D eigenvalue weighted by atomic mass is 9.83. The molecule has 1 aliphatic carbocycles. The lowest BCUT2D eigenvalue weighted by Gasteiger charge is -2.50. The zero-order chi connectivity index (χ0) is 55.8. The quantitative estimate of drug-likeness (QED) is 0.0100. The van der Waals surface area contributed by atoms with E-state index in [1.54, 1.807) is 6.08 Å². The molecule has 1 saturated heterocycles. The lowest BCUT2D eigenvalue weighted by molar-refractivity contribution is -0.334. The Morgan fingerprint density at radius 2 is 0.938 bits per heavy atom. The summed E-state index contributed by atoms with van der Waals surface area (Å²) in [5, 5.41) is 17.4. The van der Waals surface area contributed by atoms with E-state index < -0.39 is 73.2 Å². The molecule has 430 valence electrons. The van der Waals surface area contributed by atoms with E-state index in [2.05, 4.69) is 23.5 Å². The molecule has 0 unspecified atom stereocenters. The molecule has 1 saturated carbocycles. The standard InChI is InChI=1S/C66H85N3O11/c1-3-5-6-7-8-9-10-11-12-13-14-15-31-42-56(70)79-61-58(71)62(64(76-47-53-38-27-19-28-39-53)65(77-48-54-40-29-20-30-41-54)63(61)75-46-52-36-25-18-26-37-52)80-66-57(68-69-67)60(74-45-51-34-23-17-24-35-51)59(73-43-4-2)55(78-66)49-72-44-50-32-21-16-22-33-50/h4,16-30,32-41,55,57-66,71H,2-3,5-15,31,42-49H2,1H3/t55-,57-,58-,59-,60-,61+,62+,63+,64-,65-,66-/m1/s1. The number of rotatable bonds is 37. The van der Waals surface area contributed by atoms with Gasteiger partial charge in [0.05, 0.1) is 46.2 Å². The molecule has 0 aromatic heterocycles. The zero-order valence-corrected chi connectivity index (χ0v) is 46.8. The molecule has 80 heavy (non-hydrogen) atoms. The molecule has 0 radical (unpaired) electrons. The molecule has 1 N–H and O–H groups in total. The molecular weight excluding hydrogens is 1010 g/mol. The first-order valence-electron chi connectivity index (χ1n) is 29.1. The predicted octanol–water partition coefficient (Wildman–Crippen LogP) is 13.7. The van der Waals surface area contributed by atoms with Crippen LogP contribution in [0.1, 0.15) is 125 Å². The molecule has 5 aromatic rings. The smallest absolute Gasteiger partial charge is 0.306 e. The average molecular weight is 1100 g/mol. The first-order chi connectivity index (χ1) is 39.4. The van der Waals surface area contributed by atoms with E-state index >= 15 is 0 Å². The van der Waals surface area contributed by atoms with Crippen molar-refractivity contribution in [1.29, 1.82) is 0 Å². The van der Waals surface area contributed by atoms with E-state index in [4.69, 9.17) is 42.6 Å². The van der Waals surface area contributed by atoms with Gasteiger partial charge in [0.25, 0.3) is 0 Å². The summed E-state index contributed by atoms with van der Waals surface area (Å²) in [4.78, 5) is 17.6. The molecule has 0 bridgehead atoms. The maximum absolute atomic E-state index is 14.3. The summed E-state index contributed by atoms with van der Waals surface area (Å²) in [7, 11) is 0. The van der Waals surface area contributed by atoms with E-state index in [0.717, 1.165) is 47.1 Å². The number of unbranched alkanes of at least 4 members (excludes halogenated alkanes) is 12. The fraction of sp³-hybridized carbons (Fsp3) is 0.500. The van der Waals surface area contributed by atoms with E-state index in [1.165, 1.54) is 57.8 Å². The Bertz CT molecular complexity index is 2490. The topological polar surface area (TPSA) is 169 Å². The monoisotopic (exact) mass is 1100 g/mol. The van der Waals surface area contributed by atoms with Crippen LogP contribution in [-0.2, 0) is 80.5 Å². The second kappa shape index (κ2) is 35.9. The highest BCUT2D eigenvalue weighted by atomic mass is 16.7. The SMILES string of the molecule is C=CCO[C@H]1[C@H](OCc2ccccc2)[C@@H](N=[N+]=[N-])[C@@H](O[C@H]2[C@H](O)[C@H](OC(=O)CCCCCCCCCCCCCCC)[C@H](OCc3ccccc3)[C@@H](OCc3ccccc3)[C@@H]2OCc2ccccc2)O[C@@H]1COCc1ccccc1. The number of hydrogen-bond donors (Lipinski definition) is 1. The number of carbonyl (C=O) groups excluding carboxylic acids is 1. The first kappa shape index (κ1) is 61.9. The van der Waals surface area contributed by atoms with Gasteiger partial charge in [-0.3, -0.25) is 4.79 Å². The van der Waals surface area contributed by atoms with E-state index in [-0.39, 0.29) is 52.7 Å². The van der Waals surface area contributed by atoms with Crippen molar-refractivity contribution in [3.8, 4) is 0 Å². The summed E-state index contributed by atoms with van der Waals surface area (Å²) < 4.78 is 60.8. The Hall–Kier alpha value is -5.74. The Labute approximate surface area is 474 Å². The largest absolute Gasteiger partial charge is 0.457 e. The van der Waals surface area contributed by atoms with Gasteiger partial charge in [-0.2, -0.15) is 0 Å². The summed E-state index contributed by atoms with van der Waals surface area (Å²) in [5.41, 5.74) is 14.7. The summed E-state index contributed by atoms with van der Waals surface area (Å²) >= 11 is 0. The van der Waals surface area contributed by atoms with Crippen LogP contribution in [0.5, 0.6) is 0 Å². The van der Waals surface area contributed by atoms with Crippen molar-refractivity contribution in [2.45, 2.75) is 197 Å². The van der Waals surface area contributed by atoms with Gasteiger partial charge in [-0.1, -0.05) is 247 Å². The summed E-state index contributed by atoms with van der Waals surface area (Å²) in [6.45, 7) is 6.99. The normalized spacial score (nSPS) is 23.7. The van der Waals surface area contributed by atoms with Crippen LogP contribution in [0.4, 0.5) is 0 Å². The minimum Gasteiger partial charge on any atom is -0.457 e. The molecule has 11 atom stereocenters. The molecule has 7 rings (SSSR count). The Kier molecular flexibility index (Phi) is 27.7. The third-order valence-electron chi connectivity index (χ3n) is 14.8. The van der Waals surface area contributed by atoms with Crippen molar-refractivity contribution in [2.24, 2.45) is 5.11 Å². The van der Waals surface area contributed by atoms with E-state index in [9.17, 15) is 15.4 Å². The fourth-order valence-corrected chi connectivity index (χ4v) is 10.5. The number of nitrogens with zero attached hydrogens (tertiary/aromatic N) is 3. The molecular formula is C66H85N3O11. The molecule has 14 nitrogen and oxygen atoms in total. The summed E-state index contributed by atoms with van der Waals surface area (Å²) in [5.74, 6) is -0.484. The third-order valence-corrected chi connectivity index (χ3v) is 14.8. The first-order valence-corrected chi connectivity index (χ1v) is 29.1. The van der Waals surface area contributed by atoms with Gasteiger partial charge in [0, 0.05) is 11.3 Å². The van der Waals surface area contributed by atoms with Crippen molar-refractivity contribution in [3.05, 3.63) is 203 Å². The van der Waals surface area contributed by atoms with Crippen molar-refractivity contribution >= 4 is 5.97 Å². The highest BCUT2D eigenvalue weighted by molar-refractivity contribution is 5.69. The van der Waals surface area contributed by atoms with Crippen LogP contribution < -0.4 is 0 Å². The molecule has 5 aromatic carbocycles. The number of aliphatic hydroxyl groups is 1. The molecule has 1 aliphatic heterocycles. The summed E-state index contributed by atoms with van der Waals surface area (Å²) in [6.07, 6.45) is 5.42. The van der Waals surface area contributed by atoms with E-state index in [1.807, 2.05) is 152 Å². The van der Waals surface area contributed by atoms with Gasteiger partial charge in [-0.15, -0.1) is 6.58 Å². The van der Waals surface area contributed by atoms with Gasteiger partial charge in [0.15, 0.2) is 12.4 Å². The number of esters is 1. The average Bonchev–Trinajstić information content (AvgIpc) is 3.54. The van der Waals surface area contributed by atoms with Crippen LogP contribution in [0.25, 0.3) is 10.4 Å². The van der Waals surface area contributed by atoms with Crippen LogP contribution in [-0.4, -0.2) is 91.6 Å². The van der Waals surface area contributed by atoms with Crippen molar-refractivity contribution < 1.29 is 52.5 Å². The third kappa shape index (κ3) is 20.4. The maximum Gasteiger partial charge on any atom is 0.306 e. The second-order valence-corrected chi connectivity index (χ2v) is 20.9.